The Bertz CT molecular complexity index is 906. The van der Waals surface area contributed by atoms with Crippen LogP contribution in [-0.2, 0) is 24.4 Å². The Labute approximate surface area is 170 Å². The number of ether oxygens (including phenoxy) is 1. The predicted octanol–water partition coefficient (Wildman–Crippen LogP) is 1.71. The summed E-state index contributed by atoms with van der Waals surface area (Å²) in [6.07, 6.45) is 8.78. The molecular weight excluding hydrogens is 366 g/mol. The first kappa shape index (κ1) is 18.5. The lowest BCUT2D eigenvalue weighted by Gasteiger charge is -2.35. The molecule has 1 fully saturated rings. The molecule has 0 amide bonds. The van der Waals surface area contributed by atoms with Gasteiger partial charge in [0.2, 0.25) is 0 Å². The van der Waals surface area contributed by atoms with Gasteiger partial charge in [-0.1, -0.05) is 0 Å². The highest BCUT2D eigenvalue weighted by molar-refractivity contribution is 5.50. The average molecular weight is 393 g/mol. The summed E-state index contributed by atoms with van der Waals surface area (Å²) in [6.45, 7) is 7.10. The van der Waals surface area contributed by atoms with E-state index in [0.717, 1.165) is 70.4 Å². The van der Waals surface area contributed by atoms with E-state index in [-0.39, 0.29) is 6.04 Å². The highest BCUT2D eigenvalue weighted by atomic mass is 16.5. The Morgan fingerprint density at radius 2 is 1.97 bits per heavy atom. The predicted molar refractivity (Wildman–Crippen MR) is 109 cm³/mol. The van der Waals surface area contributed by atoms with E-state index in [9.17, 15) is 0 Å². The van der Waals surface area contributed by atoms with Gasteiger partial charge in [-0.15, -0.1) is 0 Å². The lowest BCUT2D eigenvalue weighted by atomic mass is 10.1. The zero-order chi connectivity index (χ0) is 19.5. The van der Waals surface area contributed by atoms with E-state index in [4.69, 9.17) is 9.84 Å². The van der Waals surface area contributed by atoms with Crippen molar-refractivity contribution in [2.45, 2.75) is 32.1 Å². The second-order valence-corrected chi connectivity index (χ2v) is 7.62. The van der Waals surface area contributed by atoms with E-state index in [2.05, 4.69) is 53.8 Å². The van der Waals surface area contributed by atoms with Gasteiger partial charge in [-0.25, -0.2) is 4.98 Å². The molecule has 5 heterocycles. The molecule has 8 nitrogen and oxygen atoms in total. The summed E-state index contributed by atoms with van der Waals surface area (Å²) >= 11 is 0. The summed E-state index contributed by atoms with van der Waals surface area (Å²) in [4.78, 5) is 11.4. The van der Waals surface area contributed by atoms with E-state index in [0.29, 0.717) is 0 Å². The number of nitrogens with zero attached hydrogens (tertiary/aromatic N) is 6. The zero-order valence-corrected chi connectivity index (χ0v) is 16.6. The minimum atomic E-state index is 0.247. The Kier molecular flexibility index (Phi) is 5.38. The fourth-order valence-electron chi connectivity index (χ4n) is 4.25. The van der Waals surface area contributed by atoms with Gasteiger partial charge >= 0.3 is 0 Å². The largest absolute Gasteiger partial charge is 0.379 e. The van der Waals surface area contributed by atoms with E-state index >= 15 is 0 Å². The summed E-state index contributed by atoms with van der Waals surface area (Å²) in [5.41, 5.74) is 3.45. The fraction of sp³-hybridized carbons (Fsp3) is 0.476. The second kappa shape index (κ2) is 8.44. The number of imidazole rings is 1. The number of aryl methyl sites for hydroxylation is 1. The summed E-state index contributed by atoms with van der Waals surface area (Å²) < 4.78 is 9.93. The molecule has 5 rings (SSSR count). The van der Waals surface area contributed by atoms with E-state index in [1.807, 2.05) is 18.6 Å². The SMILES string of the molecule is c1cc(C(Cn2ccnc2-c2cc3n(n2)CCCNC3)N2CCOCC2)ccn1. The van der Waals surface area contributed by atoms with Crippen LogP contribution in [0.1, 0.15) is 23.7 Å². The third kappa shape index (κ3) is 3.96. The van der Waals surface area contributed by atoms with E-state index < -0.39 is 0 Å². The third-order valence-corrected chi connectivity index (χ3v) is 5.78. The number of hydrogen-bond acceptors (Lipinski definition) is 6. The summed E-state index contributed by atoms with van der Waals surface area (Å²) in [7, 11) is 0. The first-order valence-electron chi connectivity index (χ1n) is 10.4. The average Bonchev–Trinajstić information content (AvgIpc) is 3.34. The molecule has 8 heteroatoms. The summed E-state index contributed by atoms with van der Waals surface area (Å²) in [5.74, 6) is 0.929. The van der Waals surface area contributed by atoms with Crippen LogP contribution in [0.3, 0.4) is 0 Å². The molecule has 0 bridgehead atoms. The van der Waals surface area contributed by atoms with Crippen LogP contribution in [-0.4, -0.2) is 62.1 Å². The van der Waals surface area contributed by atoms with Crippen molar-refractivity contribution < 1.29 is 4.74 Å². The molecular formula is C21H27N7O. The maximum absolute atomic E-state index is 5.58. The van der Waals surface area contributed by atoms with Crippen LogP contribution in [0.4, 0.5) is 0 Å². The number of pyridine rings is 1. The molecule has 1 atom stereocenters. The van der Waals surface area contributed by atoms with Crippen molar-refractivity contribution in [3.63, 3.8) is 0 Å². The molecule has 0 aromatic carbocycles. The van der Waals surface area contributed by atoms with Crippen LogP contribution >= 0.6 is 0 Å². The molecule has 29 heavy (non-hydrogen) atoms. The van der Waals surface area contributed by atoms with Crippen LogP contribution < -0.4 is 5.32 Å². The Hall–Kier alpha value is -2.55. The van der Waals surface area contributed by atoms with Gasteiger partial charge in [0, 0.05) is 57.5 Å². The number of nitrogens with one attached hydrogen (secondary N) is 1. The molecule has 0 saturated carbocycles. The molecule has 1 N–H and O–H groups in total. The van der Waals surface area contributed by atoms with Crippen molar-refractivity contribution >= 4 is 0 Å². The van der Waals surface area contributed by atoms with Gasteiger partial charge in [0.1, 0.15) is 5.69 Å². The van der Waals surface area contributed by atoms with Crippen molar-refractivity contribution in [3.05, 3.63) is 54.2 Å². The van der Waals surface area contributed by atoms with Gasteiger partial charge < -0.3 is 14.6 Å². The Morgan fingerprint density at radius 3 is 2.83 bits per heavy atom. The number of aromatic nitrogens is 5. The first-order valence-corrected chi connectivity index (χ1v) is 10.4. The van der Waals surface area contributed by atoms with Gasteiger partial charge in [0.15, 0.2) is 5.82 Å². The zero-order valence-electron chi connectivity index (χ0n) is 16.6. The maximum atomic E-state index is 5.58. The quantitative estimate of drug-likeness (QED) is 0.712. The molecule has 0 aliphatic carbocycles. The third-order valence-electron chi connectivity index (χ3n) is 5.78. The van der Waals surface area contributed by atoms with E-state index in [1.165, 1.54) is 11.3 Å². The highest BCUT2D eigenvalue weighted by Crippen LogP contribution is 2.26. The van der Waals surface area contributed by atoms with Gasteiger partial charge in [-0.2, -0.15) is 5.10 Å². The Balaban J connectivity index is 1.44. The first-order chi connectivity index (χ1) is 14.4. The van der Waals surface area contributed by atoms with E-state index in [1.54, 1.807) is 0 Å². The van der Waals surface area contributed by atoms with Crippen molar-refractivity contribution in [1.82, 2.24) is 34.5 Å². The number of hydrogen-bond donors (Lipinski definition) is 1. The number of rotatable bonds is 5. The van der Waals surface area contributed by atoms with Crippen LogP contribution in [0.25, 0.3) is 11.5 Å². The minimum Gasteiger partial charge on any atom is -0.379 e. The molecule has 0 spiro atoms. The monoisotopic (exact) mass is 393 g/mol. The maximum Gasteiger partial charge on any atom is 0.160 e. The molecule has 3 aromatic rings. The van der Waals surface area contributed by atoms with Gasteiger partial charge in [-0.3, -0.25) is 14.6 Å². The van der Waals surface area contributed by atoms with Crippen molar-refractivity contribution in [2.24, 2.45) is 0 Å². The fourth-order valence-corrected chi connectivity index (χ4v) is 4.25. The molecule has 3 aromatic heterocycles. The summed E-state index contributed by atoms with van der Waals surface area (Å²) in [5, 5.41) is 8.32. The molecule has 2 aliphatic heterocycles. The molecule has 1 unspecified atom stereocenters. The number of morpholine rings is 1. The van der Waals surface area contributed by atoms with Crippen LogP contribution in [0, 0.1) is 0 Å². The summed E-state index contributed by atoms with van der Waals surface area (Å²) in [6, 6.07) is 6.65. The van der Waals surface area contributed by atoms with Gasteiger partial charge in [0.05, 0.1) is 24.9 Å². The standard InChI is InChI=1S/C21H27N7O/c1-4-23-15-18-14-19(25-28(18)8-1)21-24-7-9-27(21)16-20(17-2-5-22-6-3-17)26-10-12-29-13-11-26/h2-3,5-7,9,14,20,23H,1,4,8,10-13,15-16H2. The van der Waals surface area contributed by atoms with Crippen molar-refractivity contribution in [1.29, 1.82) is 0 Å². The molecule has 2 aliphatic rings. The minimum absolute atomic E-state index is 0.247. The van der Waals surface area contributed by atoms with Crippen LogP contribution in [0.5, 0.6) is 0 Å². The van der Waals surface area contributed by atoms with Gasteiger partial charge in [0.25, 0.3) is 0 Å². The number of fused-ring (bicyclic) bond motifs is 1. The topological polar surface area (TPSA) is 73.0 Å². The van der Waals surface area contributed by atoms with Crippen LogP contribution in [0.15, 0.2) is 43.0 Å². The normalized spacial score (nSPS) is 18.9. The van der Waals surface area contributed by atoms with Crippen molar-refractivity contribution in [2.75, 3.05) is 32.8 Å². The molecule has 1 saturated heterocycles. The van der Waals surface area contributed by atoms with Crippen molar-refractivity contribution in [3.8, 4) is 11.5 Å². The smallest absolute Gasteiger partial charge is 0.160 e. The lowest BCUT2D eigenvalue weighted by molar-refractivity contribution is 0.0124. The molecule has 0 radical (unpaired) electrons. The van der Waals surface area contributed by atoms with Gasteiger partial charge in [-0.05, 0) is 36.7 Å². The second-order valence-electron chi connectivity index (χ2n) is 7.62. The highest BCUT2D eigenvalue weighted by Gasteiger charge is 2.25. The lowest BCUT2D eigenvalue weighted by Crippen LogP contribution is -2.40. The Morgan fingerprint density at radius 1 is 1.10 bits per heavy atom. The van der Waals surface area contributed by atoms with Crippen LogP contribution in [0.2, 0.25) is 0 Å². The molecule has 152 valence electrons.